The lowest BCUT2D eigenvalue weighted by molar-refractivity contribution is 0.0984. The third kappa shape index (κ3) is 2.77. The Balaban J connectivity index is 2.17. The molecule has 2 rings (SSSR count). The van der Waals surface area contributed by atoms with Crippen LogP contribution < -0.4 is 14.8 Å². The van der Waals surface area contributed by atoms with Crippen molar-refractivity contribution in [2.75, 3.05) is 20.8 Å². The van der Waals surface area contributed by atoms with Crippen molar-refractivity contribution in [1.29, 1.82) is 0 Å². The highest BCUT2D eigenvalue weighted by Gasteiger charge is 2.23. The van der Waals surface area contributed by atoms with Crippen LogP contribution in [0.2, 0.25) is 0 Å². The van der Waals surface area contributed by atoms with Crippen molar-refractivity contribution in [3.63, 3.8) is 0 Å². The molecule has 1 saturated carbocycles. The minimum atomic E-state index is 0.00574. The van der Waals surface area contributed by atoms with Crippen LogP contribution in [0.5, 0.6) is 11.5 Å². The third-order valence-electron chi connectivity index (χ3n) is 2.84. The molecule has 1 aromatic rings. The van der Waals surface area contributed by atoms with Crippen molar-refractivity contribution in [1.82, 2.24) is 5.32 Å². The standard InChI is InChI=1S/C13H17NO3/c1-16-11-4-3-5-12(17-2)13(11)10(15)8-14-9-6-7-9/h3-5,9,14H,6-8H2,1-2H3. The molecule has 0 unspecified atom stereocenters. The first-order chi connectivity index (χ1) is 8.26. The normalized spacial score (nSPS) is 14.5. The fraction of sp³-hybridized carbons (Fsp3) is 0.462. The van der Waals surface area contributed by atoms with Gasteiger partial charge >= 0.3 is 0 Å². The van der Waals surface area contributed by atoms with Crippen molar-refractivity contribution >= 4 is 5.78 Å². The van der Waals surface area contributed by atoms with Gasteiger partial charge in [0.15, 0.2) is 5.78 Å². The summed E-state index contributed by atoms with van der Waals surface area (Å²) in [7, 11) is 3.11. The Hall–Kier alpha value is -1.55. The zero-order valence-corrected chi connectivity index (χ0v) is 10.2. The molecule has 0 spiro atoms. The van der Waals surface area contributed by atoms with Crippen LogP contribution in [0.15, 0.2) is 18.2 Å². The third-order valence-corrected chi connectivity index (χ3v) is 2.84. The summed E-state index contributed by atoms with van der Waals surface area (Å²) < 4.78 is 10.4. The number of hydrogen-bond donors (Lipinski definition) is 1. The number of rotatable bonds is 6. The molecule has 0 aliphatic heterocycles. The fourth-order valence-electron chi connectivity index (χ4n) is 1.74. The molecule has 17 heavy (non-hydrogen) atoms. The van der Waals surface area contributed by atoms with Crippen LogP contribution in [0, 0.1) is 0 Å². The van der Waals surface area contributed by atoms with Gasteiger partial charge in [-0.2, -0.15) is 0 Å². The molecule has 0 bridgehead atoms. The van der Waals surface area contributed by atoms with E-state index < -0.39 is 0 Å². The van der Waals surface area contributed by atoms with Gasteiger partial charge in [-0.3, -0.25) is 4.79 Å². The Morgan fingerprint density at radius 1 is 1.29 bits per heavy atom. The van der Waals surface area contributed by atoms with Gasteiger partial charge in [-0.15, -0.1) is 0 Å². The molecule has 92 valence electrons. The summed E-state index contributed by atoms with van der Waals surface area (Å²) in [6.07, 6.45) is 2.33. The van der Waals surface area contributed by atoms with E-state index in [9.17, 15) is 4.79 Å². The summed E-state index contributed by atoms with van der Waals surface area (Å²) in [5.74, 6) is 1.13. The van der Waals surface area contributed by atoms with E-state index >= 15 is 0 Å². The van der Waals surface area contributed by atoms with Gasteiger partial charge in [-0.1, -0.05) is 6.07 Å². The lowest BCUT2D eigenvalue weighted by Gasteiger charge is -2.12. The molecular weight excluding hydrogens is 218 g/mol. The van der Waals surface area contributed by atoms with Crippen LogP contribution in [-0.2, 0) is 0 Å². The molecule has 1 aromatic carbocycles. The van der Waals surface area contributed by atoms with Crippen LogP contribution in [0.4, 0.5) is 0 Å². The quantitative estimate of drug-likeness (QED) is 0.761. The lowest BCUT2D eigenvalue weighted by atomic mass is 10.1. The number of nitrogens with one attached hydrogen (secondary N) is 1. The molecule has 1 N–H and O–H groups in total. The fourth-order valence-corrected chi connectivity index (χ4v) is 1.74. The molecule has 0 radical (unpaired) electrons. The summed E-state index contributed by atoms with van der Waals surface area (Å²) in [4.78, 5) is 12.1. The number of hydrogen-bond acceptors (Lipinski definition) is 4. The summed E-state index contributed by atoms with van der Waals surface area (Å²) >= 11 is 0. The van der Waals surface area contributed by atoms with E-state index in [2.05, 4.69) is 5.32 Å². The second-order valence-corrected chi connectivity index (χ2v) is 4.12. The summed E-state index contributed by atoms with van der Waals surface area (Å²) in [5, 5.41) is 3.20. The molecule has 0 saturated heterocycles. The molecule has 1 aliphatic rings. The van der Waals surface area contributed by atoms with Crippen molar-refractivity contribution in [2.45, 2.75) is 18.9 Å². The highest BCUT2D eigenvalue weighted by Crippen LogP contribution is 2.28. The Morgan fingerprint density at radius 2 is 1.88 bits per heavy atom. The lowest BCUT2D eigenvalue weighted by Crippen LogP contribution is -2.25. The number of ketones is 1. The molecule has 0 heterocycles. The van der Waals surface area contributed by atoms with E-state index in [4.69, 9.17) is 9.47 Å². The van der Waals surface area contributed by atoms with Gasteiger partial charge in [0, 0.05) is 6.04 Å². The molecule has 0 atom stereocenters. The second-order valence-electron chi connectivity index (χ2n) is 4.12. The van der Waals surface area contributed by atoms with Gasteiger partial charge in [0.2, 0.25) is 0 Å². The van der Waals surface area contributed by atoms with Gasteiger partial charge in [0.25, 0.3) is 0 Å². The summed E-state index contributed by atoms with van der Waals surface area (Å²) in [6.45, 7) is 0.335. The molecular formula is C13H17NO3. The molecule has 4 heteroatoms. The van der Waals surface area contributed by atoms with Crippen molar-refractivity contribution < 1.29 is 14.3 Å². The minimum Gasteiger partial charge on any atom is -0.496 e. The van der Waals surface area contributed by atoms with E-state index in [1.165, 1.54) is 0 Å². The maximum atomic E-state index is 12.1. The van der Waals surface area contributed by atoms with Gasteiger partial charge in [0.05, 0.1) is 20.8 Å². The van der Waals surface area contributed by atoms with E-state index in [1.807, 2.05) is 6.07 Å². The monoisotopic (exact) mass is 235 g/mol. The number of carbonyl (C=O) groups is 1. The largest absolute Gasteiger partial charge is 0.496 e. The SMILES string of the molecule is COc1cccc(OC)c1C(=O)CNC1CC1. The van der Waals surface area contributed by atoms with Gasteiger partial charge in [0.1, 0.15) is 17.1 Å². The molecule has 4 nitrogen and oxygen atoms in total. The van der Waals surface area contributed by atoms with E-state index in [-0.39, 0.29) is 5.78 Å². The van der Waals surface area contributed by atoms with Gasteiger partial charge in [-0.25, -0.2) is 0 Å². The average Bonchev–Trinajstić information content (AvgIpc) is 3.18. The molecule has 1 aliphatic carbocycles. The van der Waals surface area contributed by atoms with Crippen molar-refractivity contribution in [2.24, 2.45) is 0 Å². The summed E-state index contributed by atoms with van der Waals surface area (Å²) in [6, 6.07) is 5.86. The second kappa shape index (κ2) is 5.19. The highest BCUT2D eigenvalue weighted by atomic mass is 16.5. The van der Waals surface area contributed by atoms with E-state index in [0.717, 1.165) is 12.8 Å². The zero-order valence-electron chi connectivity index (χ0n) is 10.2. The predicted octanol–water partition coefficient (Wildman–Crippen LogP) is 1.64. The van der Waals surface area contributed by atoms with Crippen LogP contribution in [-0.4, -0.2) is 32.6 Å². The average molecular weight is 235 g/mol. The Labute approximate surface area is 101 Å². The maximum Gasteiger partial charge on any atom is 0.184 e. The van der Waals surface area contributed by atoms with Gasteiger partial charge < -0.3 is 14.8 Å². The Kier molecular flexibility index (Phi) is 3.64. The maximum absolute atomic E-state index is 12.1. The molecule has 0 amide bonds. The topological polar surface area (TPSA) is 47.6 Å². The van der Waals surface area contributed by atoms with Crippen molar-refractivity contribution in [3.05, 3.63) is 23.8 Å². The number of ether oxygens (including phenoxy) is 2. The first-order valence-corrected chi connectivity index (χ1v) is 5.74. The number of benzene rings is 1. The van der Waals surface area contributed by atoms with E-state index in [1.54, 1.807) is 26.4 Å². The first kappa shape index (κ1) is 11.9. The number of Topliss-reactive ketones (excluding diaryl/α,β-unsaturated/α-hetero) is 1. The number of carbonyl (C=O) groups excluding carboxylic acids is 1. The van der Waals surface area contributed by atoms with Crippen LogP contribution in [0.1, 0.15) is 23.2 Å². The number of methoxy groups -OCH3 is 2. The molecule has 1 fully saturated rings. The van der Waals surface area contributed by atoms with Crippen LogP contribution in [0.3, 0.4) is 0 Å². The summed E-state index contributed by atoms with van der Waals surface area (Å²) in [5.41, 5.74) is 0.519. The van der Waals surface area contributed by atoms with Crippen LogP contribution in [0.25, 0.3) is 0 Å². The smallest absolute Gasteiger partial charge is 0.184 e. The Morgan fingerprint density at radius 3 is 2.35 bits per heavy atom. The van der Waals surface area contributed by atoms with Crippen molar-refractivity contribution in [3.8, 4) is 11.5 Å². The van der Waals surface area contributed by atoms with E-state index in [0.29, 0.717) is 29.6 Å². The predicted molar refractivity (Wildman–Crippen MR) is 64.9 cm³/mol. The van der Waals surface area contributed by atoms with Gasteiger partial charge in [-0.05, 0) is 25.0 Å². The molecule has 0 aromatic heterocycles. The highest BCUT2D eigenvalue weighted by molar-refractivity contribution is 6.02. The van der Waals surface area contributed by atoms with Crippen LogP contribution >= 0.6 is 0 Å². The minimum absolute atomic E-state index is 0.00574. The first-order valence-electron chi connectivity index (χ1n) is 5.74. The zero-order chi connectivity index (χ0) is 12.3. The Bertz CT molecular complexity index is 391.